The van der Waals surface area contributed by atoms with E-state index in [4.69, 9.17) is 18.8 Å². The third-order valence-corrected chi connectivity index (χ3v) is 8.97. The van der Waals surface area contributed by atoms with E-state index < -0.39 is 0 Å². The van der Waals surface area contributed by atoms with Crippen LogP contribution in [-0.4, -0.2) is 9.97 Å². The highest BCUT2D eigenvalue weighted by molar-refractivity contribution is 6.24. The minimum absolute atomic E-state index is 0.882. The van der Waals surface area contributed by atoms with E-state index >= 15 is 0 Å². The van der Waals surface area contributed by atoms with Gasteiger partial charge in [-0.2, -0.15) is 0 Å². The summed E-state index contributed by atoms with van der Waals surface area (Å²) in [7, 11) is 0. The summed E-state index contributed by atoms with van der Waals surface area (Å²) in [6.45, 7) is 0. The summed E-state index contributed by atoms with van der Waals surface area (Å²) in [5.41, 5.74) is 9.64. The van der Waals surface area contributed by atoms with E-state index in [0.29, 0.717) is 0 Å². The Balaban J connectivity index is 1.22. The summed E-state index contributed by atoms with van der Waals surface area (Å²) in [5, 5.41) is 8.91. The van der Waals surface area contributed by atoms with Crippen LogP contribution >= 0.6 is 0 Å². The SMILES string of the molecule is c1ccc2c(c1)oc1c(-c3ccc4c5ccc(-c6cccc7c6oc6ccccc67)cc5c5nccnc5c4c3)cccc12. The molecule has 0 radical (unpaired) electrons. The Morgan fingerprint density at radius 3 is 1.32 bits per heavy atom. The van der Waals surface area contributed by atoms with Gasteiger partial charge in [-0.05, 0) is 46.2 Å². The summed E-state index contributed by atoms with van der Waals surface area (Å²) < 4.78 is 12.8. The lowest BCUT2D eigenvalue weighted by Crippen LogP contribution is -1.90. The van der Waals surface area contributed by atoms with Crippen LogP contribution < -0.4 is 0 Å². The second-order valence-electron chi connectivity index (χ2n) is 11.3. The Labute approximate surface area is 250 Å². The highest BCUT2D eigenvalue weighted by Gasteiger charge is 2.17. The lowest BCUT2D eigenvalue weighted by atomic mass is 9.93. The van der Waals surface area contributed by atoms with E-state index in [0.717, 1.165) is 98.7 Å². The Morgan fingerprint density at radius 1 is 0.364 bits per heavy atom. The van der Waals surface area contributed by atoms with Gasteiger partial charge in [0.25, 0.3) is 0 Å². The molecule has 0 fully saturated rings. The molecule has 0 aliphatic heterocycles. The van der Waals surface area contributed by atoms with E-state index in [2.05, 4.69) is 97.1 Å². The van der Waals surface area contributed by atoms with Crippen LogP contribution in [0.15, 0.2) is 143 Å². The molecule has 10 rings (SSSR count). The van der Waals surface area contributed by atoms with Crippen molar-refractivity contribution in [3.05, 3.63) is 134 Å². The van der Waals surface area contributed by atoms with Crippen LogP contribution in [0.25, 0.3) is 98.7 Å². The average molecular weight is 563 g/mol. The van der Waals surface area contributed by atoms with Crippen molar-refractivity contribution in [1.82, 2.24) is 9.97 Å². The van der Waals surface area contributed by atoms with E-state index in [1.165, 1.54) is 0 Å². The monoisotopic (exact) mass is 562 g/mol. The molecule has 10 aromatic rings. The summed E-state index contributed by atoms with van der Waals surface area (Å²) in [6, 6.07) is 42.4. The number of furan rings is 2. The molecule has 0 aliphatic carbocycles. The third-order valence-electron chi connectivity index (χ3n) is 8.97. The average Bonchev–Trinajstić information content (AvgIpc) is 3.67. The topological polar surface area (TPSA) is 52.1 Å². The number of fused-ring (bicyclic) bond motifs is 12. The maximum Gasteiger partial charge on any atom is 0.143 e. The van der Waals surface area contributed by atoms with Gasteiger partial charge in [-0.15, -0.1) is 0 Å². The molecule has 0 atom stereocenters. The smallest absolute Gasteiger partial charge is 0.143 e. The van der Waals surface area contributed by atoms with Crippen LogP contribution in [0.3, 0.4) is 0 Å². The molecule has 0 unspecified atom stereocenters. The van der Waals surface area contributed by atoms with Crippen molar-refractivity contribution < 1.29 is 8.83 Å². The van der Waals surface area contributed by atoms with Crippen molar-refractivity contribution >= 4 is 76.5 Å². The highest BCUT2D eigenvalue weighted by Crippen LogP contribution is 2.42. The van der Waals surface area contributed by atoms with Gasteiger partial charge in [0.15, 0.2) is 0 Å². The Hall–Kier alpha value is -6.00. The summed E-state index contributed by atoms with van der Waals surface area (Å²) >= 11 is 0. The van der Waals surface area contributed by atoms with Gasteiger partial charge in [0.05, 0.1) is 11.0 Å². The number of hydrogen-bond donors (Lipinski definition) is 0. The fourth-order valence-corrected chi connectivity index (χ4v) is 6.97. The van der Waals surface area contributed by atoms with Gasteiger partial charge in [0.1, 0.15) is 22.3 Å². The number of para-hydroxylation sites is 4. The van der Waals surface area contributed by atoms with Gasteiger partial charge in [0, 0.05) is 55.8 Å². The molecule has 0 amide bonds. The van der Waals surface area contributed by atoms with Crippen molar-refractivity contribution in [2.75, 3.05) is 0 Å². The number of rotatable bonds is 2. The molecule has 7 aromatic carbocycles. The Kier molecular flexibility index (Phi) is 4.69. The first-order chi connectivity index (χ1) is 21.8. The van der Waals surface area contributed by atoms with Crippen molar-refractivity contribution in [3.8, 4) is 22.3 Å². The molecule has 0 saturated heterocycles. The molecule has 0 spiro atoms. The maximum absolute atomic E-state index is 6.38. The second-order valence-corrected chi connectivity index (χ2v) is 11.3. The summed E-state index contributed by atoms with van der Waals surface area (Å²) in [4.78, 5) is 9.74. The number of hydrogen-bond acceptors (Lipinski definition) is 4. The van der Waals surface area contributed by atoms with Gasteiger partial charge in [-0.25, -0.2) is 0 Å². The zero-order chi connectivity index (χ0) is 28.8. The van der Waals surface area contributed by atoms with Crippen molar-refractivity contribution in [1.29, 1.82) is 0 Å². The molecule has 0 saturated carbocycles. The maximum atomic E-state index is 6.38. The van der Waals surface area contributed by atoms with Crippen molar-refractivity contribution in [3.63, 3.8) is 0 Å². The largest absolute Gasteiger partial charge is 0.455 e. The Bertz CT molecular complexity index is 2570. The predicted molar refractivity (Wildman–Crippen MR) is 180 cm³/mol. The zero-order valence-electron chi connectivity index (χ0n) is 23.4. The van der Waals surface area contributed by atoms with Gasteiger partial charge in [0.2, 0.25) is 0 Å². The van der Waals surface area contributed by atoms with E-state index in [9.17, 15) is 0 Å². The fourth-order valence-electron chi connectivity index (χ4n) is 6.97. The molecule has 0 bridgehead atoms. The zero-order valence-corrected chi connectivity index (χ0v) is 23.4. The van der Waals surface area contributed by atoms with E-state index in [-0.39, 0.29) is 0 Å². The van der Waals surface area contributed by atoms with Crippen LogP contribution in [0.5, 0.6) is 0 Å². The van der Waals surface area contributed by atoms with Crippen LogP contribution in [0.4, 0.5) is 0 Å². The van der Waals surface area contributed by atoms with Gasteiger partial charge >= 0.3 is 0 Å². The van der Waals surface area contributed by atoms with Gasteiger partial charge < -0.3 is 8.83 Å². The van der Waals surface area contributed by atoms with E-state index in [1.807, 2.05) is 24.3 Å². The van der Waals surface area contributed by atoms with Crippen molar-refractivity contribution in [2.24, 2.45) is 0 Å². The fraction of sp³-hybridized carbons (Fsp3) is 0. The lowest BCUT2D eigenvalue weighted by Gasteiger charge is -2.12. The quantitative estimate of drug-likeness (QED) is 0.197. The molecule has 3 aromatic heterocycles. The minimum atomic E-state index is 0.882. The third kappa shape index (κ3) is 3.22. The second kappa shape index (κ2) is 8.76. The number of aromatic nitrogens is 2. The number of nitrogens with zero attached hydrogens (tertiary/aromatic N) is 2. The lowest BCUT2D eigenvalue weighted by molar-refractivity contribution is 0.669. The number of benzene rings is 7. The first kappa shape index (κ1) is 23.6. The Morgan fingerprint density at radius 2 is 0.818 bits per heavy atom. The first-order valence-corrected chi connectivity index (χ1v) is 14.7. The highest BCUT2D eigenvalue weighted by atomic mass is 16.3. The van der Waals surface area contributed by atoms with Gasteiger partial charge in [-0.3, -0.25) is 9.97 Å². The predicted octanol–water partition coefficient (Wildman–Crippen LogP) is 11.1. The molecule has 4 heteroatoms. The van der Waals surface area contributed by atoms with E-state index in [1.54, 1.807) is 12.4 Å². The molecule has 0 N–H and O–H groups in total. The molecule has 4 nitrogen and oxygen atoms in total. The minimum Gasteiger partial charge on any atom is -0.455 e. The molecular formula is C40H22N2O2. The van der Waals surface area contributed by atoms with Crippen molar-refractivity contribution in [2.45, 2.75) is 0 Å². The standard InChI is InChI=1S/C40H22N2O2/c1-3-13-35-29(7-1)31-11-5-9-25(39(31)43-35)23-15-17-27-28-18-16-24(22-34(28)38-37(33(27)21-23)41-19-20-42-38)26-10-6-12-32-30-8-2-4-14-36(30)44-40(26)32/h1-22H. The molecular weight excluding hydrogens is 540 g/mol. The van der Waals surface area contributed by atoms with Crippen LogP contribution in [0.2, 0.25) is 0 Å². The van der Waals surface area contributed by atoms with Crippen LogP contribution in [0, 0.1) is 0 Å². The summed E-state index contributed by atoms with van der Waals surface area (Å²) in [6.07, 6.45) is 3.55. The normalized spacial score (nSPS) is 12.1. The molecule has 0 aliphatic rings. The van der Waals surface area contributed by atoms with Crippen LogP contribution in [-0.2, 0) is 0 Å². The first-order valence-electron chi connectivity index (χ1n) is 14.7. The molecule has 3 heterocycles. The molecule has 204 valence electrons. The molecule has 44 heavy (non-hydrogen) atoms. The summed E-state index contributed by atoms with van der Waals surface area (Å²) in [5.74, 6) is 0. The van der Waals surface area contributed by atoms with Gasteiger partial charge in [-0.1, -0.05) is 97.1 Å². The van der Waals surface area contributed by atoms with Crippen LogP contribution in [0.1, 0.15) is 0 Å².